The van der Waals surface area contributed by atoms with Crippen LogP contribution >= 0.6 is 0 Å². The average Bonchev–Trinajstić information content (AvgIpc) is 2.63. The molecule has 0 radical (unpaired) electrons. The number of nitrogens with zero attached hydrogens (tertiary/aromatic N) is 2. The molecule has 0 spiro atoms. The third kappa shape index (κ3) is 4.50. The number of amides is 1. The Hall–Kier alpha value is -3.02. The van der Waals surface area contributed by atoms with Crippen molar-refractivity contribution in [3.63, 3.8) is 0 Å². The molecule has 6 nitrogen and oxygen atoms in total. The zero-order valence-electron chi connectivity index (χ0n) is 14.3. The van der Waals surface area contributed by atoms with Crippen LogP contribution in [0.15, 0.2) is 42.7 Å². The van der Waals surface area contributed by atoms with Crippen molar-refractivity contribution < 1.29 is 14.7 Å². The van der Waals surface area contributed by atoms with E-state index >= 15 is 0 Å². The lowest BCUT2D eigenvalue weighted by Gasteiger charge is -2.10. The number of carbonyl (C=O) groups excluding carboxylic acids is 1. The number of aromatic nitrogens is 2. The highest BCUT2D eigenvalue weighted by Crippen LogP contribution is 2.29. The van der Waals surface area contributed by atoms with Gasteiger partial charge in [-0.05, 0) is 30.7 Å². The van der Waals surface area contributed by atoms with E-state index in [0.717, 1.165) is 21.8 Å². The van der Waals surface area contributed by atoms with Crippen molar-refractivity contribution in [3.05, 3.63) is 42.7 Å². The van der Waals surface area contributed by atoms with Crippen molar-refractivity contribution in [1.82, 2.24) is 9.97 Å². The fourth-order valence-corrected chi connectivity index (χ4v) is 2.49. The van der Waals surface area contributed by atoms with Crippen LogP contribution in [0.4, 0.5) is 5.69 Å². The molecule has 25 heavy (non-hydrogen) atoms. The maximum absolute atomic E-state index is 12.0. The van der Waals surface area contributed by atoms with Crippen molar-refractivity contribution in [2.45, 2.75) is 33.1 Å². The number of carboxylic acids is 1. The van der Waals surface area contributed by atoms with Gasteiger partial charge in [0, 0.05) is 36.0 Å². The molecule has 2 aromatic heterocycles. The Labute approximate surface area is 145 Å². The SMILES string of the molecule is CC.O=C(O)CCCC(=O)Nc1cc2cccnc2c2ncccc12. The molecule has 0 aliphatic heterocycles. The van der Waals surface area contributed by atoms with E-state index in [1.807, 2.05) is 38.1 Å². The molecule has 2 heterocycles. The summed E-state index contributed by atoms with van der Waals surface area (Å²) in [7, 11) is 0. The number of carboxylic acid groups (broad SMARTS) is 1. The Kier molecular flexibility index (Phi) is 6.39. The smallest absolute Gasteiger partial charge is 0.303 e. The predicted molar refractivity (Wildman–Crippen MR) is 98.5 cm³/mol. The van der Waals surface area contributed by atoms with E-state index in [9.17, 15) is 9.59 Å². The zero-order valence-corrected chi connectivity index (χ0v) is 14.3. The molecule has 0 saturated carbocycles. The first-order valence-electron chi connectivity index (χ1n) is 8.29. The van der Waals surface area contributed by atoms with Crippen LogP contribution in [0.25, 0.3) is 21.8 Å². The first-order chi connectivity index (χ1) is 12.1. The number of nitrogens with one attached hydrogen (secondary N) is 1. The highest BCUT2D eigenvalue weighted by Gasteiger charge is 2.11. The van der Waals surface area contributed by atoms with Crippen molar-refractivity contribution >= 4 is 39.4 Å². The fourth-order valence-electron chi connectivity index (χ4n) is 2.49. The third-order valence-corrected chi connectivity index (χ3v) is 3.53. The number of pyridine rings is 2. The van der Waals surface area contributed by atoms with E-state index in [2.05, 4.69) is 15.3 Å². The maximum Gasteiger partial charge on any atom is 0.303 e. The van der Waals surface area contributed by atoms with Gasteiger partial charge in [0.05, 0.1) is 16.7 Å². The summed E-state index contributed by atoms with van der Waals surface area (Å²) < 4.78 is 0. The van der Waals surface area contributed by atoms with Crippen molar-refractivity contribution in [1.29, 1.82) is 0 Å². The van der Waals surface area contributed by atoms with E-state index in [-0.39, 0.29) is 18.7 Å². The molecule has 0 unspecified atom stereocenters. The summed E-state index contributed by atoms with van der Waals surface area (Å²) in [5.41, 5.74) is 2.17. The number of rotatable bonds is 5. The number of aliphatic carboxylic acids is 1. The number of benzene rings is 1. The van der Waals surface area contributed by atoms with E-state index in [0.29, 0.717) is 12.1 Å². The molecule has 3 aromatic rings. The van der Waals surface area contributed by atoms with Gasteiger partial charge in [0.2, 0.25) is 5.91 Å². The molecule has 6 heteroatoms. The monoisotopic (exact) mass is 339 g/mol. The summed E-state index contributed by atoms with van der Waals surface area (Å²) in [5, 5.41) is 13.2. The van der Waals surface area contributed by atoms with Crippen molar-refractivity contribution in [2.75, 3.05) is 5.32 Å². The summed E-state index contributed by atoms with van der Waals surface area (Å²) >= 11 is 0. The fraction of sp³-hybridized carbons (Fsp3) is 0.263. The van der Waals surface area contributed by atoms with Gasteiger partial charge in [-0.15, -0.1) is 0 Å². The van der Waals surface area contributed by atoms with Crippen LogP contribution < -0.4 is 5.32 Å². The van der Waals surface area contributed by atoms with Crippen molar-refractivity contribution in [2.24, 2.45) is 0 Å². The standard InChI is InChI=1S/C17H15N3O3.C2H6/c21-14(6-1-7-15(22)23)20-13-10-11-4-2-8-18-16(11)17-12(13)5-3-9-19-17;1-2/h2-5,8-10H,1,6-7H2,(H,20,21)(H,22,23);1-2H3. The third-order valence-electron chi connectivity index (χ3n) is 3.53. The molecule has 1 amide bonds. The Morgan fingerprint density at radius 1 is 1.04 bits per heavy atom. The molecule has 0 fully saturated rings. The zero-order chi connectivity index (χ0) is 18.2. The molecule has 0 aliphatic rings. The minimum atomic E-state index is -0.899. The Bertz CT molecular complexity index is 893. The lowest BCUT2D eigenvalue weighted by atomic mass is 10.1. The number of carbonyl (C=O) groups is 2. The molecule has 0 saturated heterocycles. The molecule has 2 N–H and O–H groups in total. The second-order valence-electron chi connectivity index (χ2n) is 5.19. The summed E-state index contributed by atoms with van der Waals surface area (Å²) in [6.07, 6.45) is 3.86. The van der Waals surface area contributed by atoms with Gasteiger partial charge >= 0.3 is 5.97 Å². The molecule has 0 bridgehead atoms. The van der Waals surface area contributed by atoms with Crippen LogP contribution in [0.5, 0.6) is 0 Å². The maximum atomic E-state index is 12.0. The number of fused-ring (bicyclic) bond motifs is 3. The second kappa shape index (κ2) is 8.73. The lowest BCUT2D eigenvalue weighted by Crippen LogP contribution is -2.12. The van der Waals surface area contributed by atoms with E-state index in [4.69, 9.17) is 5.11 Å². The van der Waals surface area contributed by atoms with E-state index in [1.165, 1.54) is 0 Å². The van der Waals surface area contributed by atoms with Crippen molar-refractivity contribution in [3.8, 4) is 0 Å². The Morgan fingerprint density at radius 2 is 1.72 bits per heavy atom. The summed E-state index contributed by atoms with van der Waals surface area (Å²) in [6.45, 7) is 4.00. The van der Waals surface area contributed by atoms with Crippen LogP contribution in [0, 0.1) is 0 Å². The molecular weight excluding hydrogens is 318 g/mol. The molecule has 0 aliphatic carbocycles. The Balaban J connectivity index is 0.00000109. The normalized spacial score (nSPS) is 10.2. The van der Waals surface area contributed by atoms with E-state index < -0.39 is 5.97 Å². The summed E-state index contributed by atoms with van der Waals surface area (Å²) in [5.74, 6) is -1.11. The van der Waals surface area contributed by atoms with Gasteiger partial charge in [0.15, 0.2) is 0 Å². The highest BCUT2D eigenvalue weighted by atomic mass is 16.4. The molecule has 0 atom stereocenters. The minimum Gasteiger partial charge on any atom is -0.481 e. The predicted octanol–water partition coefficient (Wildman–Crippen LogP) is 4.00. The summed E-state index contributed by atoms with van der Waals surface area (Å²) in [6, 6.07) is 9.29. The molecule has 1 aromatic carbocycles. The number of anilines is 1. The summed E-state index contributed by atoms with van der Waals surface area (Å²) in [4.78, 5) is 31.3. The van der Waals surface area contributed by atoms with Gasteiger partial charge in [-0.1, -0.05) is 19.9 Å². The second-order valence-corrected chi connectivity index (χ2v) is 5.19. The highest BCUT2D eigenvalue weighted by molar-refractivity contribution is 6.11. The largest absolute Gasteiger partial charge is 0.481 e. The van der Waals surface area contributed by atoms with Gasteiger partial charge in [-0.2, -0.15) is 0 Å². The van der Waals surface area contributed by atoms with Crippen LogP contribution in [-0.2, 0) is 9.59 Å². The van der Waals surface area contributed by atoms with Gasteiger partial charge in [0.25, 0.3) is 0 Å². The molecule has 3 rings (SSSR count). The average molecular weight is 339 g/mol. The van der Waals surface area contributed by atoms with Gasteiger partial charge in [0.1, 0.15) is 0 Å². The van der Waals surface area contributed by atoms with Crippen LogP contribution in [-0.4, -0.2) is 27.0 Å². The van der Waals surface area contributed by atoms with Crippen LogP contribution in [0.3, 0.4) is 0 Å². The molecule has 130 valence electrons. The quantitative estimate of drug-likeness (QED) is 0.685. The van der Waals surface area contributed by atoms with Crippen LogP contribution in [0.1, 0.15) is 33.1 Å². The van der Waals surface area contributed by atoms with E-state index in [1.54, 1.807) is 18.5 Å². The molecular formula is C19H21N3O3. The van der Waals surface area contributed by atoms with Crippen LogP contribution in [0.2, 0.25) is 0 Å². The number of hydrogen-bond donors (Lipinski definition) is 2. The van der Waals surface area contributed by atoms with Gasteiger partial charge in [-0.25, -0.2) is 0 Å². The number of hydrogen-bond acceptors (Lipinski definition) is 4. The lowest BCUT2D eigenvalue weighted by molar-refractivity contribution is -0.137. The topological polar surface area (TPSA) is 92.2 Å². The first-order valence-corrected chi connectivity index (χ1v) is 8.29. The Morgan fingerprint density at radius 3 is 2.44 bits per heavy atom. The van der Waals surface area contributed by atoms with Gasteiger partial charge in [-0.3, -0.25) is 19.6 Å². The van der Waals surface area contributed by atoms with Gasteiger partial charge < -0.3 is 10.4 Å². The minimum absolute atomic E-state index is 0.0165. The first kappa shape index (κ1) is 18.3.